The first-order valence-corrected chi connectivity index (χ1v) is 23.3. The highest BCUT2D eigenvalue weighted by molar-refractivity contribution is 7.26. The lowest BCUT2D eigenvalue weighted by Crippen LogP contribution is -2.48. The lowest BCUT2D eigenvalue weighted by molar-refractivity contribution is 1.18. The average molecular weight is 873 g/mol. The molecular weight excluding hydrogens is 842 g/mol. The van der Waals surface area contributed by atoms with Crippen LogP contribution in [0.5, 0.6) is 0 Å². The fourth-order valence-electron chi connectivity index (χ4n) is 10.7. The number of benzene rings is 9. The number of nitrogens with zero attached hydrogens (tertiary/aromatic N) is 5. The second-order valence-corrected chi connectivity index (χ2v) is 18.5. The lowest BCUT2D eigenvalue weighted by Gasteiger charge is -2.16. The first kappa shape index (κ1) is 39.1. The standard InChI is InChI=1S/C58H31B4N5S/c59-51-50-41-17-6-9-20-46(41)67(57(50)54(62)53(61)52(51)60)37-23-26-49-43(30-37)56-58(68-49)55(63-31-64-56)34-11-10-14-36(27-34)66-44-18-7-4-15-38(44)40-24-21-33(29-48(40)66)32-22-25-47-42(28-32)39-16-5-8-19-45(39)65(47)35-12-2-1-3-13-35/h1-31H. The molecule has 0 N–H and O–H groups in total. The van der Waals surface area contributed by atoms with E-state index in [0.29, 0.717) is 16.4 Å². The second-order valence-electron chi connectivity index (χ2n) is 17.5. The predicted octanol–water partition coefficient (Wildman–Crippen LogP) is 10.6. The molecule has 0 spiro atoms. The molecule has 9 aromatic carbocycles. The van der Waals surface area contributed by atoms with E-state index in [2.05, 4.69) is 177 Å². The van der Waals surface area contributed by atoms with Gasteiger partial charge in [0.25, 0.3) is 0 Å². The molecule has 306 valence electrons. The van der Waals surface area contributed by atoms with Gasteiger partial charge in [0.05, 0.1) is 43.5 Å². The Labute approximate surface area is 399 Å². The van der Waals surface area contributed by atoms with Crippen LogP contribution in [0.3, 0.4) is 0 Å². The third kappa shape index (κ3) is 5.55. The summed E-state index contributed by atoms with van der Waals surface area (Å²) in [4.78, 5) is 9.87. The van der Waals surface area contributed by atoms with Crippen molar-refractivity contribution in [1.82, 2.24) is 23.7 Å². The van der Waals surface area contributed by atoms with Crippen molar-refractivity contribution in [3.8, 4) is 39.4 Å². The maximum atomic E-state index is 6.75. The highest BCUT2D eigenvalue weighted by Crippen LogP contribution is 2.42. The van der Waals surface area contributed by atoms with Gasteiger partial charge in [-0.1, -0.05) is 114 Å². The topological polar surface area (TPSA) is 40.6 Å². The molecule has 0 saturated heterocycles. The highest BCUT2D eigenvalue weighted by Gasteiger charge is 2.21. The molecule has 5 aromatic heterocycles. The normalized spacial score (nSPS) is 12.1. The predicted molar refractivity (Wildman–Crippen MR) is 290 cm³/mol. The van der Waals surface area contributed by atoms with Gasteiger partial charge in [-0.25, -0.2) is 9.97 Å². The van der Waals surface area contributed by atoms with Crippen molar-refractivity contribution in [3.63, 3.8) is 0 Å². The molecule has 0 saturated carbocycles. The highest BCUT2D eigenvalue weighted by atomic mass is 32.1. The Balaban J connectivity index is 0.909. The summed E-state index contributed by atoms with van der Waals surface area (Å²) in [7, 11) is 26.2. The summed E-state index contributed by atoms with van der Waals surface area (Å²) in [6.07, 6.45) is 1.67. The van der Waals surface area contributed by atoms with Crippen LogP contribution in [0.15, 0.2) is 188 Å². The van der Waals surface area contributed by atoms with Gasteiger partial charge in [-0.3, -0.25) is 0 Å². The number of para-hydroxylation sites is 4. The summed E-state index contributed by atoms with van der Waals surface area (Å²) >= 11 is 1.69. The quantitative estimate of drug-likeness (QED) is 0.162. The van der Waals surface area contributed by atoms with E-state index in [1.165, 1.54) is 32.6 Å². The zero-order valence-corrected chi connectivity index (χ0v) is 37.2. The Bertz CT molecular complexity index is 4450. The summed E-state index contributed by atoms with van der Waals surface area (Å²) in [5.74, 6) is 0. The van der Waals surface area contributed by atoms with Crippen molar-refractivity contribution in [2.24, 2.45) is 0 Å². The van der Waals surface area contributed by atoms with Crippen LogP contribution < -0.4 is 21.9 Å². The van der Waals surface area contributed by atoms with Gasteiger partial charge in [0, 0.05) is 65.2 Å². The van der Waals surface area contributed by atoms with Crippen molar-refractivity contribution in [2.75, 3.05) is 0 Å². The monoisotopic (exact) mass is 873 g/mol. The average Bonchev–Trinajstić information content (AvgIpc) is 4.13. The molecule has 0 bridgehead atoms. The summed E-state index contributed by atoms with van der Waals surface area (Å²) in [5, 5.41) is 7.59. The van der Waals surface area contributed by atoms with Crippen LogP contribution in [-0.2, 0) is 0 Å². The Morgan fingerprint density at radius 2 is 0.971 bits per heavy atom. The van der Waals surface area contributed by atoms with Crippen LogP contribution in [0.25, 0.3) is 125 Å². The van der Waals surface area contributed by atoms with Gasteiger partial charge in [0.15, 0.2) is 0 Å². The molecule has 0 aliphatic heterocycles. The Morgan fingerprint density at radius 1 is 0.368 bits per heavy atom. The van der Waals surface area contributed by atoms with Gasteiger partial charge < -0.3 is 13.7 Å². The summed E-state index contributed by atoms with van der Waals surface area (Å²) in [6.45, 7) is 0. The molecule has 14 rings (SSSR count). The van der Waals surface area contributed by atoms with Gasteiger partial charge in [-0.15, -0.1) is 22.3 Å². The van der Waals surface area contributed by atoms with E-state index < -0.39 is 0 Å². The first-order chi connectivity index (χ1) is 33.4. The minimum atomic E-state index is 0.281. The van der Waals surface area contributed by atoms with Crippen molar-refractivity contribution in [2.45, 2.75) is 0 Å². The molecule has 0 atom stereocenters. The summed E-state index contributed by atoms with van der Waals surface area (Å²) in [6, 6.07) is 64.9. The fraction of sp³-hybridized carbons (Fsp3) is 0. The molecule has 0 aliphatic rings. The van der Waals surface area contributed by atoms with Crippen molar-refractivity contribution < 1.29 is 0 Å². The van der Waals surface area contributed by atoms with Gasteiger partial charge in [-0.05, 0) is 95.4 Å². The van der Waals surface area contributed by atoms with E-state index in [4.69, 9.17) is 41.4 Å². The fourth-order valence-corrected chi connectivity index (χ4v) is 11.9. The third-order valence-corrected chi connectivity index (χ3v) is 15.0. The summed E-state index contributed by atoms with van der Waals surface area (Å²) < 4.78 is 8.97. The minimum absolute atomic E-state index is 0.281. The van der Waals surface area contributed by atoms with E-state index in [0.717, 1.165) is 92.6 Å². The number of rotatable bonds is 5. The number of hydrogen-bond acceptors (Lipinski definition) is 3. The lowest BCUT2D eigenvalue weighted by atomic mass is 9.65. The zero-order valence-electron chi connectivity index (χ0n) is 36.4. The molecule has 0 amide bonds. The maximum absolute atomic E-state index is 6.75. The molecular formula is C58H31B4N5S. The molecule has 14 aromatic rings. The van der Waals surface area contributed by atoms with Gasteiger partial charge >= 0.3 is 0 Å². The minimum Gasteiger partial charge on any atom is -0.310 e. The van der Waals surface area contributed by atoms with Crippen LogP contribution in [-0.4, -0.2) is 55.1 Å². The van der Waals surface area contributed by atoms with Crippen LogP contribution in [0, 0.1) is 0 Å². The van der Waals surface area contributed by atoms with Crippen LogP contribution in [0.2, 0.25) is 0 Å². The molecule has 0 aliphatic carbocycles. The number of thiophene rings is 1. The maximum Gasteiger partial charge on any atom is 0.116 e. The first-order valence-electron chi connectivity index (χ1n) is 22.5. The van der Waals surface area contributed by atoms with Gasteiger partial charge in [-0.2, -0.15) is 0 Å². The second kappa shape index (κ2) is 14.7. The Kier molecular flexibility index (Phi) is 8.47. The van der Waals surface area contributed by atoms with E-state index in [-0.39, 0.29) is 5.46 Å². The van der Waals surface area contributed by atoms with Crippen LogP contribution >= 0.6 is 11.3 Å². The molecule has 68 heavy (non-hydrogen) atoms. The number of hydrogen-bond donors (Lipinski definition) is 0. The molecule has 10 heteroatoms. The molecule has 5 heterocycles. The Morgan fingerprint density at radius 3 is 1.76 bits per heavy atom. The SMILES string of the molecule is [B]c1c([B])c([B])c2c(c1[B])c1ccccc1n2-c1ccc2sc3c(-c4cccc(-n5c6ccccc6c6ccc(-c7ccc8c(c7)c7ccccc7n8-c7ccccc7)cc65)c4)ncnc3c2c1. The van der Waals surface area contributed by atoms with Crippen LogP contribution in [0.1, 0.15) is 0 Å². The van der Waals surface area contributed by atoms with Crippen molar-refractivity contribution in [1.29, 1.82) is 0 Å². The largest absolute Gasteiger partial charge is 0.310 e. The van der Waals surface area contributed by atoms with Crippen molar-refractivity contribution >= 4 is 150 Å². The van der Waals surface area contributed by atoms with Gasteiger partial charge in [0.2, 0.25) is 0 Å². The van der Waals surface area contributed by atoms with Gasteiger partial charge in [0.1, 0.15) is 37.7 Å². The smallest absolute Gasteiger partial charge is 0.116 e. The number of fused-ring (bicyclic) bond motifs is 12. The van der Waals surface area contributed by atoms with E-state index in [1.54, 1.807) is 17.7 Å². The zero-order chi connectivity index (χ0) is 45.4. The van der Waals surface area contributed by atoms with Crippen molar-refractivity contribution in [3.05, 3.63) is 188 Å². The van der Waals surface area contributed by atoms with E-state index in [1.807, 2.05) is 18.2 Å². The van der Waals surface area contributed by atoms with E-state index in [9.17, 15) is 0 Å². The molecule has 0 unspecified atom stereocenters. The Hall–Kier alpha value is -8.06. The summed E-state index contributed by atoms with van der Waals surface area (Å²) in [5.41, 5.74) is 15.9. The third-order valence-electron chi connectivity index (χ3n) is 13.8. The van der Waals surface area contributed by atoms with E-state index >= 15 is 0 Å². The number of aromatic nitrogens is 5. The van der Waals surface area contributed by atoms with Crippen LogP contribution in [0.4, 0.5) is 0 Å². The molecule has 0 fully saturated rings. The molecule has 8 radical (unpaired) electrons. The molecule has 5 nitrogen and oxygen atoms in total.